The zero-order chi connectivity index (χ0) is 18.6. The topological polar surface area (TPSA) is 81.2 Å². The molecule has 0 radical (unpaired) electrons. The molecule has 0 unspecified atom stereocenters. The number of sulfonamides is 1. The molecule has 0 bridgehead atoms. The largest absolute Gasteiger partial charge is 0.421 e. The highest BCUT2D eigenvalue weighted by Gasteiger charge is 2.13. The summed E-state index contributed by atoms with van der Waals surface area (Å²) < 4.78 is 58.1. The number of nitrogens with zero attached hydrogens (tertiary/aromatic N) is 2. The summed E-state index contributed by atoms with van der Waals surface area (Å²) in [5.41, 5.74) is 0.548. The van der Waals surface area contributed by atoms with Crippen molar-refractivity contribution in [1.29, 1.82) is 0 Å². The van der Waals surface area contributed by atoms with Crippen LogP contribution in [-0.4, -0.2) is 18.4 Å². The Morgan fingerprint density at radius 3 is 2.27 bits per heavy atom. The van der Waals surface area contributed by atoms with Gasteiger partial charge in [0.05, 0.1) is 23.8 Å². The molecule has 0 spiro atoms. The van der Waals surface area contributed by atoms with Crippen molar-refractivity contribution < 1.29 is 21.9 Å². The normalized spacial score (nSPS) is 11.2. The van der Waals surface area contributed by atoms with Gasteiger partial charge in [0.2, 0.25) is 10.0 Å². The molecule has 6 nitrogen and oxygen atoms in total. The predicted molar refractivity (Wildman–Crippen MR) is 91.2 cm³/mol. The van der Waals surface area contributed by atoms with Crippen LogP contribution in [0, 0.1) is 11.6 Å². The van der Waals surface area contributed by atoms with Gasteiger partial charge in [-0.05, 0) is 29.8 Å². The minimum atomic E-state index is -3.73. The fourth-order valence-electron chi connectivity index (χ4n) is 2.06. The molecule has 3 aromatic rings. The lowest BCUT2D eigenvalue weighted by molar-refractivity contribution is 0.411. The molecule has 3 rings (SSSR count). The molecule has 1 aromatic heterocycles. The standard InChI is InChI=1S/C17H13F2N3O3S/c18-13-7-5-12(6-8-13)11-26(23,24)22-14-9-20-17(21-10-14)25-16-4-2-1-3-15(16)19/h1-10,22H,11H2. The van der Waals surface area contributed by atoms with Gasteiger partial charge in [-0.2, -0.15) is 0 Å². The van der Waals surface area contributed by atoms with Crippen LogP contribution in [0.3, 0.4) is 0 Å². The summed E-state index contributed by atoms with van der Waals surface area (Å²) in [7, 11) is -3.73. The van der Waals surface area contributed by atoms with E-state index in [-0.39, 0.29) is 23.2 Å². The van der Waals surface area contributed by atoms with Crippen molar-refractivity contribution in [3.63, 3.8) is 0 Å². The molecule has 9 heteroatoms. The van der Waals surface area contributed by atoms with Crippen LogP contribution >= 0.6 is 0 Å². The van der Waals surface area contributed by atoms with Gasteiger partial charge in [-0.3, -0.25) is 4.72 Å². The highest BCUT2D eigenvalue weighted by atomic mass is 32.2. The van der Waals surface area contributed by atoms with E-state index in [1.165, 1.54) is 54.9 Å². The number of anilines is 1. The first-order chi connectivity index (χ1) is 12.4. The van der Waals surface area contributed by atoms with Crippen molar-refractivity contribution in [1.82, 2.24) is 9.97 Å². The zero-order valence-electron chi connectivity index (χ0n) is 13.3. The number of hydrogen-bond acceptors (Lipinski definition) is 5. The van der Waals surface area contributed by atoms with E-state index in [1.54, 1.807) is 6.07 Å². The zero-order valence-corrected chi connectivity index (χ0v) is 14.1. The summed E-state index contributed by atoms with van der Waals surface area (Å²) in [5.74, 6) is -1.39. The second kappa shape index (κ2) is 7.44. The van der Waals surface area contributed by atoms with Gasteiger partial charge in [-0.15, -0.1) is 0 Å². The third-order valence-electron chi connectivity index (χ3n) is 3.21. The number of para-hydroxylation sites is 1. The number of benzene rings is 2. The van der Waals surface area contributed by atoms with Gasteiger partial charge in [-0.1, -0.05) is 24.3 Å². The van der Waals surface area contributed by atoms with Crippen LogP contribution < -0.4 is 9.46 Å². The van der Waals surface area contributed by atoms with E-state index in [4.69, 9.17) is 4.74 Å². The van der Waals surface area contributed by atoms with Gasteiger partial charge in [0.1, 0.15) is 5.82 Å². The van der Waals surface area contributed by atoms with Crippen molar-refractivity contribution >= 4 is 15.7 Å². The first kappa shape index (κ1) is 17.7. The number of ether oxygens (including phenoxy) is 1. The lowest BCUT2D eigenvalue weighted by Gasteiger charge is -2.08. The quantitative estimate of drug-likeness (QED) is 0.711. The maximum absolute atomic E-state index is 13.5. The molecule has 0 saturated heterocycles. The Morgan fingerprint density at radius 2 is 1.62 bits per heavy atom. The summed E-state index contributed by atoms with van der Waals surface area (Å²) in [6.45, 7) is 0. The number of aromatic nitrogens is 2. The van der Waals surface area contributed by atoms with Gasteiger partial charge < -0.3 is 4.74 Å². The lowest BCUT2D eigenvalue weighted by atomic mass is 10.2. The average molecular weight is 377 g/mol. The molecule has 0 amide bonds. The molecule has 2 aromatic carbocycles. The second-order valence-electron chi connectivity index (χ2n) is 5.27. The minimum absolute atomic E-state index is 0.0443. The molecule has 0 aliphatic rings. The predicted octanol–water partition coefficient (Wildman–Crippen LogP) is 3.49. The van der Waals surface area contributed by atoms with Gasteiger partial charge in [0.15, 0.2) is 11.6 Å². The molecule has 0 aliphatic heterocycles. The third kappa shape index (κ3) is 4.73. The number of nitrogens with one attached hydrogen (secondary N) is 1. The number of hydrogen-bond donors (Lipinski definition) is 1. The molecule has 0 saturated carbocycles. The minimum Gasteiger partial charge on any atom is -0.421 e. The van der Waals surface area contributed by atoms with Crippen LogP contribution in [0.25, 0.3) is 0 Å². The molecular formula is C17H13F2N3O3S. The van der Waals surface area contributed by atoms with Crippen molar-refractivity contribution in [2.75, 3.05) is 4.72 Å². The van der Waals surface area contributed by atoms with E-state index in [9.17, 15) is 17.2 Å². The van der Waals surface area contributed by atoms with E-state index in [0.717, 1.165) is 0 Å². The molecule has 0 aliphatic carbocycles. The van der Waals surface area contributed by atoms with E-state index in [0.29, 0.717) is 5.56 Å². The number of rotatable bonds is 6. The molecule has 134 valence electrons. The molecular weight excluding hydrogens is 364 g/mol. The van der Waals surface area contributed by atoms with Crippen LogP contribution in [0.15, 0.2) is 60.9 Å². The van der Waals surface area contributed by atoms with Gasteiger partial charge in [-0.25, -0.2) is 27.2 Å². The highest BCUT2D eigenvalue weighted by Crippen LogP contribution is 2.21. The SMILES string of the molecule is O=S(=O)(Cc1ccc(F)cc1)Nc1cnc(Oc2ccccc2F)nc1. The molecule has 0 fully saturated rings. The Labute approximate surface area is 148 Å². The van der Waals surface area contributed by atoms with E-state index in [2.05, 4.69) is 14.7 Å². The lowest BCUT2D eigenvalue weighted by Crippen LogP contribution is -2.15. The van der Waals surface area contributed by atoms with Crippen LogP contribution in [0.1, 0.15) is 5.56 Å². The Bertz CT molecular complexity index is 995. The first-order valence-corrected chi connectivity index (χ1v) is 9.06. The van der Waals surface area contributed by atoms with Crippen LogP contribution in [0.4, 0.5) is 14.5 Å². The molecule has 26 heavy (non-hydrogen) atoms. The van der Waals surface area contributed by atoms with Crippen molar-refractivity contribution in [2.24, 2.45) is 0 Å². The Morgan fingerprint density at radius 1 is 0.962 bits per heavy atom. The Balaban J connectivity index is 1.66. The summed E-state index contributed by atoms with van der Waals surface area (Å²) >= 11 is 0. The monoisotopic (exact) mass is 377 g/mol. The maximum atomic E-state index is 13.5. The molecule has 1 N–H and O–H groups in total. The van der Waals surface area contributed by atoms with Gasteiger partial charge >= 0.3 is 6.01 Å². The van der Waals surface area contributed by atoms with Crippen molar-refractivity contribution in [2.45, 2.75) is 5.75 Å². The van der Waals surface area contributed by atoms with E-state index in [1.807, 2.05) is 0 Å². The Kier molecular flexibility index (Phi) is 5.08. The van der Waals surface area contributed by atoms with Gasteiger partial charge in [0.25, 0.3) is 0 Å². The summed E-state index contributed by atoms with van der Waals surface area (Å²) in [6, 6.07) is 10.8. The number of halogens is 2. The van der Waals surface area contributed by atoms with Crippen LogP contribution in [-0.2, 0) is 15.8 Å². The van der Waals surface area contributed by atoms with E-state index >= 15 is 0 Å². The smallest absolute Gasteiger partial charge is 0.322 e. The summed E-state index contributed by atoms with van der Waals surface area (Å²) in [6.07, 6.45) is 2.40. The summed E-state index contributed by atoms with van der Waals surface area (Å²) in [4.78, 5) is 7.68. The average Bonchev–Trinajstić information content (AvgIpc) is 2.60. The second-order valence-corrected chi connectivity index (χ2v) is 7.00. The fraction of sp³-hybridized carbons (Fsp3) is 0.0588. The first-order valence-electron chi connectivity index (χ1n) is 7.41. The fourth-order valence-corrected chi connectivity index (χ4v) is 3.23. The Hall–Kier alpha value is -3.07. The van der Waals surface area contributed by atoms with Crippen LogP contribution in [0.5, 0.6) is 11.8 Å². The molecule has 0 atom stereocenters. The van der Waals surface area contributed by atoms with Crippen molar-refractivity contribution in [3.05, 3.63) is 78.1 Å². The highest BCUT2D eigenvalue weighted by molar-refractivity contribution is 7.91. The van der Waals surface area contributed by atoms with Crippen LogP contribution in [0.2, 0.25) is 0 Å². The van der Waals surface area contributed by atoms with Crippen molar-refractivity contribution in [3.8, 4) is 11.8 Å². The maximum Gasteiger partial charge on any atom is 0.322 e. The van der Waals surface area contributed by atoms with Gasteiger partial charge in [0, 0.05) is 0 Å². The third-order valence-corrected chi connectivity index (χ3v) is 4.47. The summed E-state index contributed by atoms with van der Waals surface area (Å²) in [5, 5.41) is 0. The molecule has 1 heterocycles. The van der Waals surface area contributed by atoms with E-state index < -0.39 is 21.7 Å².